The molecule has 2 aliphatic carbocycles. The summed E-state index contributed by atoms with van der Waals surface area (Å²) in [6.07, 6.45) is 7.48. The predicted octanol–water partition coefficient (Wildman–Crippen LogP) is 12.4. The molecule has 65 heavy (non-hydrogen) atoms. The summed E-state index contributed by atoms with van der Waals surface area (Å²) >= 11 is 0. The van der Waals surface area contributed by atoms with E-state index in [-0.39, 0.29) is 11.7 Å². The van der Waals surface area contributed by atoms with E-state index in [0.29, 0.717) is 17.6 Å². The van der Waals surface area contributed by atoms with Gasteiger partial charge >= 0.3 is 0 Å². The Labute approximate surface area is 382 Å². The quantitative estimate of drug-likeness (QED) is 0.148. The number of nitrogens with one attached hydrogen (secondary N) is 2. The third-order valence-corrected chi connectivity index (χ3v) is 13.5. The Morgan fingerprint density at radius 2 is 0.908 bits per heavy atom. The molecule has 3 heterocycles. The van der Waals surface area contributed by atoms with Crippen LogP contribution >= 0.6 is 0 Å². The van der Waals surface area contributed by atoms with Gasteiger partial charge in [0.2, 0.25) is 0 Å². The third-order valence-electron chi connectivity index (χ3n) is 13.5. The molecule has 2 N–H and O–H groups in total. The van der Waals surface area contributed by atoms with Crippen molar-refractivity contribution >= 4 is 44.9 Å². The maximum absolute atomic E-state index is 13.8. The zero-order valence-corrected chi connectivity index (χ0v) is 37.5. The predicted molar refractivity (Wildman–Crippen MR) is 266 cm³/mol. The summed E-state index contributed by atoms with van der Waals surface area (Å²) in [5.74, 6) is 0.158. The average Bonchev–Trinajstić information content (AvgIpc) is 3.95. The van der Waals surface area contributed by atoms with Gasteiger partial charge in [-0.2, -0.15) is 0 Å². The molecule has 0 spiro atoms. The number of amides is 1. The van der Waals surface area contributed by atoms with Gasteiger partial charge < -0.3 is 15.5 Å². The highest BCUT2D eigenvalue weighted by Gasteiger charge is 2.27. The van der Waals surface area contributed by atoms with E-state index in [1.807, 2.05) is 55.1 Å². The first-order valence-corrected chi connectivity index (χ1v) is 23.2. The highest BCUT2D eigenvalue weighted by Crippen LogP contribution is 2.38. The van der Waals surface area contributed by atoms with Crippen molar-refractivity contribution in [3.8, 4) is 22.3 Å². The number of hydrogen-bond acceptors (Lipinski definition) is 6. The summed E-state index contributed by atoms with van der Waals surface area (Å²) in [6.45, 7) is 7.18. The van der Waals surface area contributed by atoms with E-state index in [9.17, 15) is 9.59 Å². The molecule has 0 saturated carbocycles. The number of carbonyl (C=O) groups excluding carboxylic acids is 2. The van der Waals surface area contributed by atoms with Crippen LogP contribution in [-0.4, -0.2) is 51.7 Å². The average molecular weight is 854 g/mol. The van der Waals surface area contributed by atoms with Crippen LogP contribution in [0.15, 0.2) is 146 Å². The molecule has 0 atom stereocenters. The molecule has 2 aromatic heterocycles. The lowest BCUT2D eigenvalue weighted by Gasteiger charge is -2.28. The van der Waals surface area contributed by atoms with Crippen molar-refractivity contribution in [3.63, 3.8) is 0 Å². The number of rotatable bonds is 8. The van der Waals surface area contributed by atoms with Crippen LogP contribution in [-0.2, 0) is 25.7 Å². The fourth-order valence-corrected chi connectivity index (χ4v) is 10.5. The Bertz CT molecular complexity index is 3020. The zero-order chi connectivity index (χ0) is 44.4. The highest BCUT2D eigenvalue weighted by molar-refractivity contribution is 6.11. The van der Waals surface area contributed by atoms with Crippen molar-refractivity contribution in [3.05, 3.63) is 190 Å². The standard InChI is InChI=1S/C31H31N3O.C27H24N2O/c1-21-29(31(35)34-16-8-3-9-17-34)30(22-10-4-2-5-11-22)27-20-25(14-15-28(27)32-21)33-26-18-23-12-6-7-13-24(23)19-26;1-17-26(18(2)30)27(19-8-4-3-5-9-19)24-16-22(12-13-25(24)28-17)29-23-14-20-10-6-7-11-21(20)15-23/h2,4-7,10-15,20,26,33H,3,8-9,16-19H2,1H3;3-13,16,23,29H,14-15H2,1-2H3. The Balaban J connectivity index is 0.000000155. The lowest BCUT2D eigenvalue weighted by Crippen LogP contribution is -2.36. The van der Waals surface area contributed by atoms with Crippen LogP contribution in [0.3, 0.4) is 0 Å². The van der Waals surface area contributed by atoms with E-state index in [4.69, 9.17) is 9.97 Å². The minimum Gasteiger partial charge on any atom is -0.382 e. The maximum Gasteiger partial charge on any atom is 0.256 e. The molecule has 3 aliphatic rings. The summed E-state index contributed by atoms with van der Waals surface area (Å²) in [6, 6.07) is 51.3. The molecule has 324 valence electrons. The maximum atomic E-state index is 13.8. The number of Topliss-reactive ketones (excluding diaryl/α,β-unsaturated/α-hetero) is 1. The van der Waals surface area contributed by atoms with Gasteiger partial charge in [-0.15, -0.1) is 0 Å². The van der Waals surface area contributed by atoms with Crippen molar-refractivity contribution < 1.29 is 9.59 Å². The number of aromatic nitrogens is 2. The molecule has 8 aromatic rings. The van der Waals surface area contributed by atoms with Gasteiger partial charge in [-0.25, -0.2) is 0 Å². The number of anilines is 2. The fourth-order valence-electron chi connectivity index (χ4n) is 10.5. The number of fused-ring (bicyclic) bond motifs is 4. The van der Waals surface area contributed by atoms with Gasteiger partial charge in [0.25, 0.3) is 5.91 Å². The highest BCUT2D eigenvalue weighted by atomic mass is 16.2. The zero-order valence-electron chi connectivity index (χ0n) is 37.5. The lowest BCUT2D eigenvalue weighted by atomic mass is 9.92. The fraction of sp³-hybridized carbons (Fsp3) is 0.241. The number of hydrogen-bond donors (Lipinski definition) is 2. The molecule has 0 unspecified atom stereocenters. The van der Waals surface area contributed by atoms with Crippen LogP contribution in [0.1, 0.15) is 80.5 Å². The van der Waals surface area contributed by atoms with Gasteiger partial charge in [0, 0.05) is 69.7 Å². The van der Waals surface area contributed by atoms with Crippen LogP contribution in [0.5, 0.6) is 0 Å². The molecule has 11 rings (SSSR count). The largest absolute Gasteiger partial charge is 0.382 e. The molecule has 1 amide bonds. The van der Waals surface area contributed by atoms with E-state index in [1.165, 1.54) is 28.7 Å². The number of benzene rings is 6. The number of nitrogens with zero attached hydrogens (tertiary/aromatic N) is 3. The van der Waals surface area contributed by atoms with Gasteiger partial charge in [0.15, 0.2) is 5.78 Å². The van der Waals surface area contributed by atoms with Crippen LogP contribution < -0.4 is 10.6 Å². The summed E-state index contributed by atoms with van der Waals surface area (Å²) in [4.78, 5) is 38.0. The second-order valence-corrected chi connectivity index (χ2v) is 18.0. The second-order valence-electron chi connectivity index (χ2n) is 18.0. The summed E-state index contributed by atoms with van der Waals surface area (Å²) in [7, 11) is 0. The SMILES string of the molecule is CC(=O)c1c(C)nc2ccc(NC3Cc4ccccc4C3)cc2c1-c1ccccc1.Cc1nc2ccc(NC3Cc4ccccc4C3)cc2c(-c2ccccc2)c1C(=O)N1CCCCC1. The normalized spacial score (nSPS) is 14.7. The molecule has 1 aliphatic heterocycles. The summed E-state index contributed by atoms with van der Waals surface area (Å²) in [5.41, 5.74) is 16.8. The smallest absolute Gasteiger partial charge is 0.256 e. The van der Waals surface area contributed by atoms with Crippen molar-refractivity contribution in [2.75, 3.05) is 23.7 Å². The van der Waals surface area contributed by atoms with Crippen LogP contribution in [0.4, 0.5) is 11.4 Å². The van der Waals surface area contributed by atoms with Crippen LogP contribution in [0, 0.1) is 13.8 Å². The molecule has 7 nitrogen and oxygen atoms in total. The van der Waals surface area contributed by atoms with Gasteiger partial charge in [-0.3, -0.25) is 19.6 Å². The van der Waals surface area contributed by atoms with Crippen molar-refractivity contribution in [2.45, 2.75) is 77.8 Å². The summed E-state index contributed by atoms with van der Waals surface area (Å²) < 4.78 is 0. The molecule has 0 bridgehead atoms. The first-order valence-electron chi connectivity index (χ1n) is 23.2. The van der Waals surface area contributed by atoms with E-state index < -0.39 is 0 Å². The van der Waals surface area contributed by atoms with Crippen molar-refractivity contribution in [1.29, 1.82) is 0 Å². The van der Waals surface area contributed by atoms with Gasteiger partial charge in [-0.1, -0.05) is 109 Å². The Kier molecular flexibility index (Phi) is 11.7. The minimum atomic E-state index is 0.0466. The topological polar surface area (TPSA) is 87.2 Å². The Hall–Kier alpha value is -7.12. The number of pyridine rings is 2. The van der Waals surface area contributed by atoms with Crippen LogP contribution in [0.25, 0.3) is 44.1 Å². The van der Waals surface area contributed by atoms with Crippen LogP contribution in [0.2, 0.25) is 0 Å². The Morgan fingerprint density at radius 1 is 0.508 bits per heavy atom. The van der Waals surface area contributed by atoms with E-state index in [0.717, 1.165) is 124 Å². The third kappa shape index (κ3) is 8.63. The second kappa shape index (κ2) is 18.2. The molecule has 7 heteroatoms. The van der Waals surface area contributed by atoms with Crippen molar-refractivity contribution in [1.82, 2.24) is 14.9 Å². The number of ketones is 1. The summed E-state index contributed by atoms with van der Waals surface area (Å²) in [5, 5.41) is 9.51. The first kappa shape index (κ1) is 41.9. The molecular formula is C58H55N5O2. The molecule has 0 radical (unpaired) electrons. The molecule has 1 fully saturated rings. The number of carbonyl (C=O) groups is 2. The number of likely N-dealkylation sites (tertiary alicyclic amines) is 1. The number of aryl methyl sites for hydroxylation is 2. The number of piperidine rings is 1. The van der Waals surface area contributed by atoms with E-state index in [2.05, 4.69) is 120 Å². The monoisotopic (exact) mass is 853 g/mol. The molecular weight excluding hydrogens is 799 g/mol. The molecule has 1 saturated heterocycles. The van der Waals surface area contributed by atoms with Gasteiger partial charge in [-0.05, 0) is 135 Å². The van der Waals surface area contributed by atoms with Crippen molar-refractivity contribution in [2.24, 2.45) is 0 Å². The van der Waals surface area contributed by atoms with Gasteiger partial charge in [0.05, 0.1) is 22.3 Å². The Morgan fingerprint density at radius 3 is 1.34 bits per heavy atom. The van der Waals surface area contributed by atoms with E-state index in [1.54, 1.807) is 6.92 Å². The van der Waals surface area contributed by atoms with E-state index >= 15 is 0 Å². The molecule has 6 aromatic carbocycles. The van der Waals surface area contributed by atoms with Gasteiger partial charge in [0.1, 0.15) is 0 Å². The first-order chi connectivity index (χ1) is 31.8. The lowest BCUT2D eigenvalue weighted by molar-refractivity contribution is 0.0724. The minimum absolute atomic E-state index is 0.0466.